The smallest absolute Gasteiger partial charge is 0.858 e. The van der Waals surface area contributed by atoms with Crippen LogP contribution in [0.3, 0.4) is 0 Å². The van der Waals surface area contributed by atoms with Gasteiger partial charge in [0.2, 0.25) is 0 Å². The molecule has 0 aromatic heterocycles. The molecule has 0 amide bonds. The number of nitrogens with zero attached hydrogens (tertiary/aromatic N) is 1. The summed E-state index contributed by atoms with van der Waals surface area (Å²) in [6.07, 6.45) is 0. The first-order valence-corrected chi connectivity index (χ1v) is 3.43. The van der Waals surface area contributed by atoms with Crippen molar-refractivity contribution in [2.75, 3.05) is 0 Å². The van der Waals surface area contributed by atoms with Gasteiger partial charge in [-0.3, -0.25) is 0 Å². The molecule has 0 atom stereocenters. The summed E-state index contributed by atoms with van der Waals surface area (Å²) in [6.45, 7) is -2.96. The predicted molar refractivity (Wildman–Crippen MR) is 31.2 cm³/mol. The molecule has 56 valence electrons. The van der Waals surface area contributed by atoms with Crippen molar-refractivity contribution in [2.24, 2.45) is 4.40 Å². The van der Waals surface area contributed by atoms with E-state index in [0.717, 1.165) is 0 Å². The standard InChI is InChI=1S/C4H5NO4S.K/c1-3-2-4(6)5-10(7,8)9-3;/h2H,1H3,(H,5,6);/q;+1/p-1/i1D3,2D;. The number of hydrogen-bond donors (Lipinski definition) is 0. The molecule has 0 saturated carbocycles. The Kier molecular flexibility index (Phi) is 2.23. The molecule has 7 heteroatoms. The van der Waals surface area contributed by atoms with E-state index in [-0.39, 0.29) is 51.4 Å². The molecule has 0 N–H and O–H groups in total. The van der Waals surface area contributed by atoms with Crippen molar-refractivity contribution in [3.8, 4) is 0 Å². The summed E-state index contributed by atoms with van der Waals surface area (Å²) in [4.78, 5) is 0. The molecule has 0 fully saturated rings. The summed E-state index contributed by atoms with van der Waals surface area (Å²) in [5.74, 6) is -2.61. The zero-order valence-electron chi connectivity index (χ0n) is 9.49. The topological polar surface area (TPSA) is 78.8 Å². The van der Waals surface area contributed by atoms with E-state index in [1.54, 1.807) is 0 Å². The van der Waals surface area contributed by atoms with E-state index >= 15 is 0 Å². The summed E-state index contributed by atoms with van der Waals surface area (Å²) in [5.41, 5.74) is 0. The molecule has 1 rings (SSSR count). The molecule has 0 aromatic rings. The van der Waals surface area contributed by atoms with Crippen molar-refractivity contribution >= 4 is 16.2 Å². The molecular formula is C4H4KNO4S. The largest absolute Gasteiger partial charge is 1.00 e. The number of rotatable bonds is 0. The average Bonchev–Trinajstić information content (AvgIpc) is 1.93. The Morgan fingerprint density at radius 3 is 3.09 bits per heavy atom. The molecule has 0 aliphatic carbocycles. The minimum absolute atomic E-state index is 0. The van der Waals surface area contributed by atoms with E-state index in [9.17, 15) is 13.5 Å². The van der Waals surface area contributed by atoms with Gasteiger partial charge < -0.3 is 9.29 Å². The van der Waals surface area contributed by atoms with Gasteiger partial charge >= 0.3 is 61.7 Å². The van der Waals surface area contributed by atoms with Crippen molar-refractivity contribution in [1.29, 1.82) is 0 Å². The van der Waals surface area contributed by atoms with E-state index in [2.05, 4.69) is 8.58 Å². The molecule has 11 heavy (non-hydrogen) atoms. The Hall–Kier alpha value is 0.596. The molecule has 1 aliphatic heterocycles. The fourth-order valence-corrected chi connectivity index (χ4v) is 0.905. The van der Waals surface area contributed by atoms with Crippen LogP contribution >= 0.6 is 0 Å². The van der Waals surface area contributed by atoms with Crippen LogP contribution in [0, 0.1) is 0 Å². The minimum atomic E-state index is -4.56. The Balaban J connectivity index is 0.00000196. The summed E-state index contributed by atoms with van der Waals surface area (Å²) in [5, 5.41) is 10.7. The molecule has 5 nitrogen and oxygen atoms in total. The van der Waals surface area contributed by atoms with E-state index in [4.69, 9.17) is 5.48 Å². The first-order chi connectivity index (χ1) is 6.13. The SMILES string of the molecule is [2H]C1=C(C([2H])([2H])[2H])OS(=O)(=O)N=C1[O-].[K+]. The van der Waals surface area contributed by atoms with Gasteiger partial charge in [0.15, 0.2) is 0 Å². The maximum absolute atomic E-state index is 10.7. The predicted octanol–water partition coefficient (Wildman–Crippen LogP) is -4.07. The zero-order valence-corrected chi connectivity index (χ0v) is 9.43. The molecule has 0 aromatic carbocycles. The first kappa shape index (κ1) is 6.11. The fourth-order valence-electron chi connectivity index (χ4n) is 0.366. The molecule has 1 aliphatic rings. The van der Waals surface area contributed by atoms with Crippen molar-refractivity contribution in [3.05, 3.63) is 11.8 Å². The number of allylic oxidation sites excluding steroid dienone is 1. The van der Waals surface area contributed by atoms with Crippen LogP contribution in [0.2, 0.25) is 0 Å². The van der Waals surface area contributed by atoms with Gasteiger partial charge in [0.25, 0.3) is 0 Å². The second kappa shape index (κ2) is 4.01. The van der Waals surface area contributed by atoms with Gasteiger partial charge in [0, 0.05) is 10.0 Å². The van der Waals surface area contributed by atoms with Gasteiger partial charge in [-0.1, -0.05) is 0 Å². The summed E-state index contributed by atoms with van der Waals surface area (Å²) < 4.78 is 55.1. The Morgan fingerprint density at radius 2 is 2.55 bits per heavy atom. The van der Waals surface area contributed by atoms with Crippen molar-refractivity contribution in [2.45, 2.75) is 6.85 Å². The third kappa shape index (κ3) is 3.68. The summed E-state index contributed by atoms with van der Waals surface area (Å²) in [6, 6.07) is -1.07. The minimum Gasteiger partial charge on any atom is -0.858 e. The van der Waals surface area contributed by atoms with Gasteiger partial charge in [-0.2, -0.15) is 8.42 Å². The summed E-state index contributed by atoms with van der Waals surface area (Å²) >= 11 is 0. The Bertz CT molecular complexity index is 424. The van der Waals surface area contributed by atoms with E-state index in [1.165, 1.54) is 0 Å². The Morgan fingerprint density at radius 1 is 1.91 bits per heavy atom. The molecule has 1 heterocycles. The first-order valence-electron chi connectivity index (χ1n) is 4.06. The van der Waals surface area contributed by atoms with Crippen LogP contribution in [0.5, 0.6) is 0 Å². The molecule has 0 bridgehead atoms. The van der Waals surface area contributed by atoms with Crippen LogP contribution in [0.25, 0.3) is 0 Å². The van der Waals surface area contributed by atoms with Crippen LogP contribution in [0.1, 0.15) is 12.3 Å². The van der Waals surface area contributed by atoms with Gasteiger partial charge in [-0.25, -0.2) is 0 Å². The maximum atomic E-state index is 10.7. The van der Waals surface area contributed by atoms with Crippen molar-refractivity contribution in [3.63, 3.8) is 0 Å². The van der Waals surface area contributed by atoms with Gasteiger partial charge in [0.05, 0.1) is 1.37 Å². The molecular weight excluding hydrogens is 197 g/mol. The molecule has 0 radical (unpaired) electrons. The van der Waals surface area contributed by atoms with Crippen LogP contribution in [0.15, 0.2) is 16.2 Å². The number of hydrogen-bond acceptors (Lipinski definition) is 4. The molecule has 0 spiro atoms. The molecule has 0 saturated heterocycles. The van der Waals surface area contributed by atoms with Gasteiger partial charge in [-0.15, -0.1) is 4.40 Å². The fraction of sp³-hybridized carbons (Fsp3) is 0.250. The Labute approximate surface area is 112 Å². The van der Waals surface area contributed by atoms with Gasteiger partial charge in [0.1, 0.15) is 5.76 Å². The molecule has 0 unspecified atom stereocenters. The maximum Gasteiger partial charge on any atom is 1.00 e. The third-order valence-corrected chi connectivity index (χ3v) is 1.37. The quantitative estimate of drug-likeness (QED) is 0.377. The van der Waals surface area contributed by atoms with Crippen molar-refractivity contribution in [1.82, 2.24) is 0 Å². The van der Waals surface area contributed by atoms with E-state index < -0.39 is 34.9 Å². The van der Waals surface area contributed by atoms with E-state index in [0.29, 0.717) is 0 Å². The average molecular weight is 205 g/mol. The third-order valence-electron chi connectivity index (χ3n) is 0.604. The normalized spacial score (nSPS) is 27.8. The monoisotopic (exact) mass is 205 g/mol. The van der Waals surface area contributed by atoms with Crippen LogP contribution in [-0.4, -0.2) is 14.3 Å². The van der Waals surface area contributed by atoms with Gasteiger partial charge in [-0.05, 0) is 12.9 Å². The van der Waals surface area contributed by atoms with Crippen molar-refractivity contribution < 1.29 is 74.6 Å². The zero-order chi connectivity index (χ0) is 11.1. The van der Waals surface area contributed by atoms with E-state index in [1.807, 2.05) is 0 Å². The second-order valence-corrected chi connectivity index (χ2v) is 2.57. The second-order valence-electron chi connectivity index (χ2n) is 1.36. The summed E-state index contributed by atoms with van der Waals surface area (Å²) in [7, 11) is -4.56. The van der Waals surface area contributed by atoms with Crippen LogP contribution in [0.4, 0.5) is 0 Å². The van der Waals surface area contributed by atoms with Crippen LogP contribution < -0.4 is 56.5 Å². The van der Waals surface area contributed by atoms with Crippen LogP contribution in [-0.2, 0) is 14.5 Å².